The number of hydrogen-bond acceptors (Lipinski definition) is 5. The predicted octanol–water partition coefficient (Wildman–Crippen LogP) is 6.35. The SMILES string of the molecule is Cc1cc(S(=O)(=O)Nc2nc3ccccc3s2)c(SCc2ccccc2)cc1Cl. The van der Waals surface area contributed by atoms with E-state index in [0.29, 0.717) is 26.4 Å². The lowest BCUT2D eigenvalue weighted by atomic mass is 10.2. The van der Waals surface area contributed by atoms with Crippen molar-refractivity contribution in [3.8, 4) is 0 Å². The van der Waals surface area contributed by atoms with Gasteiger partial charge in [-0.1, -0.05) is 65.4 Å². The monoisotopic (exact) mass is 460 g/mol. The minimum absolute atomic E-state index is 0.208. The van der Waals surface area contributed by atoms with Crippen molar-refractivity contribution in [2.45, 2.75) is 22.5 Å². The number of thioether (sulfide) groups is 1. The van der Waals surface area contributed by atoms with E-state index in [1.165, 1.54) is 23.1 Å². The molecule has 0 aliphatic carbocycles. The van der Waals surface area contributed by atoms with Crippen LogP contribution in [0.4, 0.5) is 5.13 Å². The number of hydrogen-bond donors (Lipinski definition) is 1. The second kappa shape index (κ2) is 8.36. The van der Waals surface area contributed by atoms with Crippen molar-refractivity contribution in [1.29, 1.82) is 0 Å². The summed E-state index contributed by atoms with van der Waals surface area (Å²) in [5.41, 5.74) is 2.58. The van der Waals surface area contributed by atoms with Crippen molar-refractivity contribution < 1.29 is 8.42 Å². The smallest absolute Gasteiger partial charge is 0.255 e. The minimum Gasteiger partial charge on any atom is -0.255 e. The lowest BCUT2D eigenvalue weighted by Gasteiger charge is -2.13. The normalized spacial score (nSPS) is 11.7. The Morgan fingerprint density at radius 2 is 1.79 bits per heavy atom. The number of anilines is 1. The van der Waals surface area contributed by atoms with Crippen LogP contribution in [0.3, 0.4) is 0 Å². The topological polar surface area (TPSA) is 59.1 Å². The van der Waals surface area contributed by atoms with E-state index in [4.69, 9.17) is 11.6 Å². The van der Waals surface area contributed by atoms with Gasteiger partial charge >= 0.3 is 0 Å². The van der Waals surface area contributed by atoms with Gasteiger partial charge in [-0.2, -0.15) is 0 Å². The van der Waals surface area contributed by atoms with E-state index in [2.05, 4.69) is 9.71 Å². The van der Waals surface area contributed by atoms with Crippen LogP contribution in [0, 0.1) is 6.92 Å². The van der Waals surface area contributed by atoms with Gasteiger partial charge in [0.2, 0.25) is 0 Å². The molecule has 0 bridgehead atoms. The summed E-state index contributed by atoms with van der Waals surface area (Å²) in [6.45, 7) is 1.80. The predicted molar refractivity (Wildman–Crippen MR) is 123 cm³/mol. The second-order valence-corrected chi connectivity index (χ2v) is 10.5. The fraction of sp³-hybridized carbons (Fsp3) is 0.0952. The van der Waals surface area contributed by atoms with E-state index in [1.54, 1.807) is 19.1 Å². The van der Waals surface area contributed by atoms with Crippen LogP contribution in [-0.2, 0) is 15.8 Å². The van der Waals surface area contributed by atoms with Crippen molar-refractivity contribution >= 4 is 60.1 Å². The maximum Gasteiger partial charge on any atom is 0.264 e. The Kier molecular flexibility index (Phi) is 5.83. The maximum absolute atomic E-state index is 13.2. The van der Waals surface area contributed by atoms with Gasteiger partial charge < -0.3 is 0 Å². The number of para-hydroxylation sites is 1. The maximum atomic E-state index is 13.2. The molecule has 4 aromatic rings. The Hall–Kier alpha value is -2.06. The summed E-state index contributed by atoms with van der Waals surface area (Å²) in [6, 6.07) is 20.8. The first-order valence-corrected chi connectivity index (χ1v) is 12.4. The van der Waals surface area contributed by atoms with E-state index < -0.39 is 10.0 Å². The van der Waals surface area contributed by atoms with Crippen LogP contribution >= 0.6 is 34.7 Å². The molecule has 0 saturated heterocycles. The Morgan fingerprint density at radius 3 is 2.55 bits per heavy atom. The molecule has 3 aromatic carbocycles. The molecule has 1 heterocycles. The standard InChI is InChI=1S/C21H17ClN2O2S3/c1-14-11-20(19(12-16(14)22)27-13-15-7-3-2-4-8-15)29(25,26)24-21-23-17-9-5-6-10-18(17)28-21/h2-12H,13H2,1H3,(H,23,24). The molecule has 8 heteroatoms. The zero-order valence-corrected chi connectivity index (χ0v) is 18.6. The zero-order valence-electron chi connectivity index (χ0n) is 15.4. The summed E-state index contributed by atoms with van der Waals surface area (Å²) in [7, 11) is -3.82. The third kappa shape index (κ3) is 4.59. The van der Waals surface area contributed by atoms with Crippen LogP contribution in [0.15, 0.2) is 76.5 Å². The summed E-state index contributed by atoms with van der Waals surface area (Å²) in [6.07, 6.45) is 0. The Bertz CT molecular complexity index is 1240. The van der Waals surface area contributed by atoms with Gasteiger partial charge in [-0.05, 0) is 42.3 Å². The Labute approximate surface area is 183 Å². The Balaban J connectivity index is 1.67. The molecule has 0 spiro atoms. The fourth-order valence-corrected chi connectivity index (χ4v) is 6.69. The highest BCUT2D eigenvalue weighted by molar-refractivity contribution is 7.99. The molecular formula is C21H17ClN2O2S3. The number of aryl methyl sites for hydroxylation is 1. The average Bonchev–Trinajstić information content (AvgIpc) is 3.10. The number of aromatic nitrogens is 1. The van der Waals surface area contributed by atoms with Crippen LogP contribution in [0.2, 0.25) is 5.02 Å². The lowest BCUT2D eigenvalue weighted by molar-refractivity contribution is 0.599. The van der Waals surface area contributed by atoms with E-state index in [9.17, 15) is 8.42 Å². The third-order valence-corrected chi connectivity index (χ3v) is 8.39. The molecule has 0 aliphatic rings. The molecule has 4 nitrogen and oxygen atoms in total. The highest BCUT2D eigenvalue weighted by Gasteiger charge is 2.22. The first kappa shape index (κ1) is 20.2. The summed E-state index contributed by atoms with van der Waals surface area (Å²) in [4.78, 5) is 5.20. The molecule has 0 atom stereocenters. The van der Waals surface area contributed by atoms with E-state index in [1.807, 2.05) is 54.6 Å². The van der Waals surface area contributed by atoms with Crippen LogP contribution in [-0.4, -0.2) is 13.4 Å². The van der Waals surface area contributed by atoms with Crippen molar-refractivity contribution in [2.24, 2.45) is 0 Å². The average molecular weight is 461 g/mol. The molecular weight excluding hydrogens is 444 g/mol. The minimum atomic E-state index is -3.82. The summed E-state index contributed by atoms with van der Waals surface area (Å²) >= 11 is 9.05. The van der Waals surface area contributed by atoms with Crippen LogP contribution in [0.1, 0.15) is 11.1 Å². The molecule has 0 fully saturated rings. The summed E-state index contributed by atoms with van der Waals surface area (Å²) in [5, 5.41) is 0.886. The Morgan fingerprint density at radius 1 is 1.07 bits per heavy atom. The van der Waals surface area contributed by atoms with Gasteiger partial charge in [0.25, 0.3) is 10.0 Å². The second-order valence-electron chi connectivity index (χ2n) is 6.41. The largest absolute Gasteiger partial charge is 0.264 e. The van der Waals surface area contributed by atoms with Gasteiger partial charge in [0.05, 0.1) is 10.2 Å². The van der Waals surface area contributed by atoms with Crippen molar-refractivity contribution in [1.82, 2.24) is 4.98 Å². The number of nitrogens with one attached hydrogen (secondary N) is 1. The molecule has 0 saturated carbocycles. The molecule has 0 aliphatic heterocycles. The number of thiazole rings is 1. The lowest BCUT2D eigenvalue weighted by Crippen LogP contribution is -2.14. The van der Waals surface area contributed by atoms with Crippen molar-refractivity contribution in [2.75, 3.05) is 4.72 Å². The fourth-order valence-electron chi connectivity index (χ4n) is 2.78. The molecule has 1 N–H and O–H groups in total. The number of rotatable bonds is 6. The van der Waals surface area contributed by atoms with Gasteiger partial charge in [-0.3, -0.25) is 4.72 Å². The van der Waals surface area contributed by atoms with Gasteiger partial charge in [0.15, 0.2) is 5.13 Å². The molecule has 0 radical (unpaired) electrons. The van der Waals surface area contributed by atoms with Crippen molar-refractivity contribution in [3.63, 3.8) is 0 Å². The molecule has 148 valence electrons. The highest BCUT2D eigenvalue weighted by atomic mass is 35.5. The molecule has 0 unspecified atom stereocenters. The molecule has 29 heavy (non-hydrogen) atoms. The number of sulfonamides is 1. The number of halogens is 1. The van der Waals surface area contributed by atoms with Gasteiger partial charge in [-0.15, -0.1) is 11.8 Å². The van der Waals surface area contributed by atoms with Crippen molar-refractivity contribution in [3.05, 3.63) is 82.9 Å². The molecule has 1 aromatic heterocycles. The van der Waals surface area contributed by atoms with Gasteiger partial charge in [-0.25, -0.2) is 13.4 Å². The number of fused-ring (bicyclic) bond motifs is 1. The van der Waals surface area contributed by atoms with Gasteiger partial charge in [0, 0.05) is 15.7 Å². The molecule has 4 rings (SSSR count). The quantitative estimate of drug-likeness (QED) is 0.340. The number of nitrogens with zero attached hydrogens (tertiary/aromatic N) is 1. The third-order valence-electron chi connectivity index (χ3n) is 4.27. The first-order chi connectivity index (χ1) is 13.9. The molecule has 0 amide bonds. The van der Waals surface area contributed by atoms with E-state index >= 15 is 0 Å². The summed E-state index contributed by atoms with van der Waals surface area (Å²) < 4.78 is 29.9. The van der Waals surface area contributed by atoms with Crippen LogP contribution < -0.4 is 4.72 Å². The van der Waals surface area contributed by atoms with Gasteiger partial charge in [0.1, 0.15) is 4.90 Å². The van der Waals surface area contributed by atoms with E-state index in [0.717, 1.165) is 15.8 Å². The first-order valence-electron chi connectivity index (χ1n) is 8.78. The number of benzene rings is 3. The van der Waals surface area contributed by atoms with Crippen LogP contribution in [0.5, 0.6) is 0 Å². The van der Waals surface area contributed by atoms with E-state index in [-0.39, 0.29) is 4.90 Å². The van der Waals surface area contributed by atoms with Crippen LogP contribution in [0.25, 0.3) is 10.2 Å². The highest BCUT2D eigenvalue weighted by Crippen LogP contribution is 2.35. The zero-order chi connectivity index (χ0) is 20.4. The summed E-state index contributed by atoms with van der Waals surface area (Å²) in [5.74, 6) is 0.643.